The highest BCUT2D eigenvalue weighted by atomic mass is 35.5. The molecule has 0 saturated heterocycles. The molecule has 0 radical (unpaired) electrons. The largest absolute Gasteiger partial charge is 0.355 e. The first-order valence-corrected chi connectivity index (χ1v) is 7.31. The number of amides is 2. The first-order chi connectivity index (χ1) is 8.99. The van der Waals surface area contributed by atoms with Gasteiger partial charge in [-0.25, -0.2) is 0 Å². The molecule has 2 saturated carbocycles. The van der Waals surface area contributed by atoms with E-state index in [-0.39, 0.29) is 42.2 Å². The van der Waals surface area contributed by atoms with Gasteiger partial charge in [0.25, 0.3) is 0 Å². The third-order valence-corrected chi connectivity index (χ3v) is 4.38. The summed E-state index contributed by atoms with van der Waals surface area (Å²) in [7, 11) is 0. The highest BCUT2D eigenvalue weighted by molar-refractivity contribution is 5.85. The van der Waals surface area contributed by atoms with Crippen LogP contribution in [-0.2, 0) is 9.59 Å². The van der Waals surface area contributed by atoms with Crippen molar-refractivity contribution < 1.29 is 9.59 Å². The van der Waals surface area contributed by atoms with Crippen molar-refractivity contribution in [1.82, 2.24) is 10.6 Å². The molecule has 0 aromatic rings. The van der Waals surface area contributed by atoms with Gasteiger partial charge < -0.3 is 16.4 Å². The Kier molecular flexibility index (Phi) is 6.27. The summed E-state index contributed by atoms with van der Waals surface area (Å²) in [5.41, 5.74) is 6.12. The van der Waals surface area contributed by atoms with E-state index >= 15 is 0 Å². The van der Waals surface area contributed by atoms with Crippen molar-refractivity contribution in [3.05, 3.63) is 0 Å². The van der Waals surface area contributed by atoms with Crippen molar-refractivity contribution in [3.8, 4) is 0 Å². The van der Waals surface area contributed by atoms with E-state index in [2.05, 4.69) is 10.6 Å². The molecule has 4 N–H and O–H groups in total. The van der Waals surface area contributed by atoms with Gasteiger partial charge in [0.15, 0.2) is 0 Å². The van der Waals surface area contributed by atoms with E-state index in [0.717, 1.165) is 12.8 Å². The smallest absolute Gasteiger partial charge is 0.224 e. The number of rotatable bonds is 5. The number of hydrogen-bond acceptors (Lipinski definition) is 3. The molecule has 0 aliphatic heterocycles. The summed E-state index contributed by atoms with van der Waals surface area (Å²) in [5.74, 6) is 0.978. The van der Waals surface area contributed by atoms with Crippen molar-refractivity contribution in [2.75, 3.05) is 6.54 Å². The van der Waals surface area contributed by atoms with Crippen molar-refractivity contribution >= 4 is 24.2 Å². The standard InChI is InChI=1S/C14H25N3O2.ClH/c1-8(2)17-11(18)5-6-16-14(19)12-9-3-4-10(7-9)13(12)15;/h8-10,12-13H,3-7,15H2,1-2H3,(H,16,19)(H,17,18);1H. The van der Waals surface area contributed by atoms with Crippen LogP contribution >= 0.6 is 12.4 Å². The van der Waals surface area contributed by atoms with Gasteiger partial charge in [0.1, 0.15) is 0 Å². The SMILES string of the molecule is CC(C)NC(=O)CCNC(=O)C1C2CCC(C2)C1N.Cl. The third-order valence-electron chi connectivity index (χ3n) is 4.38. The Labute approximate surface area is 126 Å². The molecule has 5 nitrogen and oxygen atoms in total. The maximum absolute atomic E-state index is 12.1. The van der Waals surface area contributed by atoms with Crippen molar-refractivity contribution in [2.24, 2.45) is 23.5 Å². The lowest BCUT2D eigenvalue weighted by atomic mass is 9.84. The molecule has 20 heavy (non-hydrogen) atoms. The fourth-order valence-electron chi connectivity index (χ4n) is 3.54. The zero-order valence-corrected chi connectivity index (χ0v) is 13.0. The van der Waals surface area contributed by atoms with Gasteiger partial charge in [-0.3, -0.25) is 9.59 Å². The average molecular weight is 304 g/mol. The van der Waals surface area contributed by atoms with Crippen LogP contribution < -0.4 is 16.4 Å². The molecule has 2 aliphatic rings. The predicted octanol–water partition coefficient (Wildman–Crippen LogP) is 0.812. The molecule has 0 aromatic heterocycles. The number of carbonyl (C=O) groups excluding carboxylic acids is 2. The average Bonchev–Trinajstić information content (AvgIpc) is 2.87. The predicted molar refractivity (Wildman–Crippen MR) is 80.4 cm³/mol. The molecular weight excluding hydrogens is 278 g/mol. The Morgan fingerprint density at radius 3 is 2.45 bits per heavy atom. The molecule has 6 heteroatoms. The van der Waals surface area contributed by atoms with Gasteiger partial charge in [0.05, 0.1) is 5.92 Å². The topological polar surface area (TPSA) is 84.2 Å². The van der Waals surface area contributed by atoms with Crippen LogP contribution in [0.25, 0.3) is 0 Å². The molecule has 0 spiro atoms. The lowest BCUT2D eigenvalue weighted by Crippen LogP contribution is -2.46. The van der Waals surface area contributed by atoms with Crippen LogP contribution in [0.3, 0.4) is 0 Å². The van der Waals surface area contributed by atoms with Crippen LogP contribution in [0.1, 0.15) is 39.5 Å². The van der Waals surface area contributed by atoms with E-state index in [4.69, 9.17) is 5.73 Å². The number of fused-ring (bicyclic) bond motifs is 2. The second-order valence-corrected chi connectivity index (χ2v) is 6.20. The highest BCUT2D eigenvalue weighted by Gasteiger charge is 2.48. The summed E-state index contributed by atoms with van der Waals surface area (Å²) in [6.07, 6.45) is 3.74. The minimum absolute atomic E-state index is 0. The van der Waals surface area contributed by atoms with Crippen molar-refractivity contribution in [2.45, 2.75) is 51.6 Å². The van der Waals surface area contributed by atoms with Gasteiger partial charge >= 0.3 is 0 Å². The number of carbonyl (C=O) groups is 2. The lowest BCUT2D eigenvalue weighted by molar-refractivity contribution is -0.127. The fourth-order valence-corrected chi connectivity index (χ4v) is 3.54. The van der Waals surface area contributed by atoms with Crippen LogP contribution in [0, 0.1) is 17.8 Å². The molecule has 2 amide bonds. The molecule has 2 aliphatic carbocycles. The van der Waals surface area contributed by atoms with Crippen LogP contribution in [0.2, 0.25) is 0 Å². The normalized spacial score (nSPS) is 31.0. The molecule has 116 valence electrons. The van der Waals surface area contributed by atoms with E-state index in [9.17, 15) is 9.59 Å². The number of halogens is 1. The molecule has 0 heterocycles. The summed E-state index contributed by atoms with van der Waals surface area (Å²) in [6.45, 7) is 4.24. The van der Waals surface area contributed by atoms with Crippen LogP contribution in [0.15, 0.2) is 0 Å². The van der Waals surface area contributed by atoms with E-state index in [1.54, 1.807) is 0 Å². The van der Waals surface area contributed by atoms with E-state index in [0.29, 0.717) is 24.8 Å². The van der Waals surface area contributed by atoms with Crippen LogP contribution in [0.5, 0.6) is 0 Å². The number of nitrogens with two attached hydrogens (primary N) is 1. The molecule has 2 bridgehead atoms. The number of nitrogens with one attached hydrogen (secondary N) is 2. The van der Waals surface area contributed by atoms with Gasteiger partial charge in [0, 0.05) is 25.0 Å². The third kappa shape index (κ3) is 3.85. The summed E-state index contributed by atoms with van der Waals surface area (Å²) in [6, 6.07) is 0.158. The first kappa shape index (κ1) is 17.2. The van der Waals surface area contributed by atoms with Gasteiger partial charge in [-0.15, -0.1) is 12.4 Å². The van der Waals surface area contributed by atoms with Gasteiger partial charge in [-0.2, -0.15) is 0 Å². The minimum Gasteiger partial charge on any atom is -0.355 e. The van der Waals surface area contributed by atoms with Crippen LogP contribution in [0.4, 0.5) is 0 Å². The molecular formula is C14H26ClN3O2. The first-order valence-electron chi connectivity index (χ1n) is 7.31. The van der Waals surface area contributed by atoms with Crippen molar-refractivity contribution in [1.29, 1.82) is 0 Å². The summed E-state index contributed by atoms with van der Waals surface area (Å²) >= 11 is 0. The van der Waals surface area contributed by atoms with Gasteiger partial charge in [-0.1, -0.05) is 0 Å². The second-order valence-electron chi connectivity index (χ2n) is 6.20. The number of hydrogen-bond donors (Lipinski definition) is 3. The summed E-state index contributed by atoms with van der Waals surface area (Å²) in [5, 5.41) is 5.67. The van der Waals surface area contributed by atoms with E-state index < -0.39 is 0 Å². The second kappa shape index (κ2) is 7.27. The van der Waals surface area contributed by atoms with Gasteiger partial charge in [0.2, 0.25) is 11.8 Å². The zero-order valence-electron chi connectivity index (χ0n) is 12.2. The lowest BCUT2D eigenvalue weighted by Gasteiger charge is -2.26. The Morgan fingerprint density at radius 1 is 1.25 bits per heavy atom. The molecule has 0 aromatic carbocycles. The molecule has 2 rings (SSSR count). The fraction of sp³-hybridized carbons (Fsp3) is 0.857. The molecule has 4 atom stereocenters. The minimum atomic E-state index is -0.0353. The Hall–Kier alpha value is -0.810. The summed E-state index contributed by atoms with van der Waals surface area (Å²) in [4.78, 5) is 23.6. The Balaban J connectivity index is 0.00000200. The van der Waals surface area contributed by atoms with Crippen LogP contribution in [-0.4, -0.2) is 30.4 Å². The quantitative estimate of drug-likeness (QED) is 0.703. The monoisotopic (exact) mass is 303 g/mol. The zero-order chi connectivity index (χ0) is 14.0. The molecule has 2 fully saturated rings. The van der Waals surface area contributed by atoms with E-state index in [1.807, 2.05) is 13.8 Å². The maximum Gasteiger partial charge on any atom is 0.224 e. The Morgan fingerprint density at radius 2 is 1.90 bits per heavy atom. The summed E-state index contributed by atoms with van der Waals surface area (Å²) < 4.78 is 0. The maximum atomic E-state index is 12.1. The highest BCUT2D eigenvalue weighted by Crippen LogP contribution is 2.47. The Bertz CT molecular complexity index is 360. The van der Waals surface area contributed by atoms with Crippen molar-refractivity contribution in [3.63, 3.8) is 0 Å². The van der Waals surface area contributed by atoms with E-state index in [1.165, 1.54) is 6.42 Å². The molecule has 4 unspecified atom stereocenters. The van der Waals surface area contributed by atoms with Gasteiger partial charge in [-0.05, 0) is 44.9 Å².